The normalized spacial score (nSPS) is 20.5. The Kier molecular flexibility index (Phi) is 1.82. The fraction of sp³-hybridized carbons (Fsp3) is 0.462. The monoisotopic (exact) mass is 218 g/mol. The molecule has 84 valence electrons. The molecule has 3 nitrogen and oxygen atoms in total. The molecule has 1 fully saturated rings. The molecule has 0 heterocycles. The molecule has 0 amide bonds. The Morgan fingerprint density at radius 3 is 2.38 bits per heavy atom. The number of carboxylic acid groups (broad SMARTS) is 1. The highest BCUT2D eigenvalue weighted by molar-refractivity contribution is 5.86. The minimum atomic E-state index is -0.805. The lowest BCUT2D eigenvalue weighted by Crippen LogP contribution is -2.19. The van der Waals surface area contributed by atoms with Crippen LogP contribution in [0.3, 0.4) is 0 Å². The topological polar surface area (TPSA) is 57.5 Å². The highest BCUT2D eigenvalue weighted by Gasteiger charge is 2.53. The fourth-order valence-corrected chi connectivity index (χ4v) is 2.72. The van der Waals surface area contributed by atoms with Crippen LogP contribution in [0.2, 0.25) is 0 Å². The van der Waals surface area contributed by atoms with Gasteiger partial charge < -0.3 is 10.2 Å². The van der Waals surface area contributed by atoms with Gasteiger partial charge in [0, 0.05) is 5.56 Å². The number of phenols is 1. The average molecular weight is 218 g/mol. The molecule has 0 saturated heterocycles. The zero-order chi connectivity index (χ0) is 11.3. The van der Waals surface area contributed by atoms with Gasteiger partial charge in [-0.2, -0.15) is 0 Å². The van der Waals surface area contributed by atoms with Crippen molar-refractivity contribution in [3.05, 3.63) is 28.8 Å². The van der Waals surface area contributed by atoms with Crippen molar-refractivity contribution >= 4 is 5.97 Å². The van der Waals surface area contributed by atoms with E-state index < -0.39 is 11.4 Å². The van der Waals surface area contributed by atoms with Crippen LogP contribution in [-0.4, -0.2) is 16.2 Å². The maximum Gasteiger partial charge on any atom is 0.314 e. The third-order valence-corrected chi connectivity index (χ3v) is 3.89. The quantitative estimate of drug-likeness (QED) is 0.798. The largest absolute Gasteiger partial charge is 0.508 e. The van der Waals surface area contributed by atoms with Gasteiger partial charge in [0.2, 0.25) is 0 Å². The van der Waals surface area contributed by atoms with Gasteiger partial charge in [0.05, 0.1) is 5.41 Å². The number of carbonyl (C=O) groups is 1. The molecule has 0 aromatic heterocycles. The van der Waals surface area contributed by atoms with E-state index in [2.05, 4.69) is 0 Å². The molecule has 2 aliphatic rings. The molecular weight excluding hydrogens is 204 g/mol. The molecule has 3 heteroatoms. The summed E-state index contributed by atoms with van der Waals surface area (Å²) in [5.74, 6) is -0.638. The SMILES string of the molecule is O=C(O)C1(c2cc3c(cc2O)CCC3)CC1. The number of aryl methyl sites for hydroxylation is 2. The van der Waals surface area contributed by atoms with E-state index in [1.807, 2.05) is 6.07 Å². The molecule has 1 saturated carbocycles. The van der Waals surface area contributed by atoms with E-state index >= 15 is 0 Å². The van der Waals surface area contributed by atoms with E-state index in [1.165, 1.54) is 11.1 Å². The van der Waals surface area contributed by atoms with Crippen LogP contribution in [0, 0.1) is 0 Å². The van der Waals surface area contributed by atoms with Crippen LogP contribution in [-0.2, 0) is 23.1 Å². The van der Waals surface area contributed by atoms with Crippen LogP contribution in [0.4, 0.5) is 0 Å². The first-order chi connectivity index (χ1) is 7.63. The van der Waals surface area contributed by atoms with Crippen molar-refractivity contribution in [1.29, 1.82) is 0 Å². The van der Waals surface area contributed by atoms with Gasteiger partial charge >= 0.3 is 5.97 Å². The molecule has 0 aliphatic heterocycles. The maximum atomic E-state index is 11.2. The lowest BCUT2D eigenvalue weighted by atomic mass is 9.92. The Labute approximate surface area is 93.7 Å². The number of hydrogen-bond donors (Lipinski definition) is 2. The number of phenolic OH excluding ortho intramolecular Hbond substituents is 1. The molecule has 16 heavy (non-hydrogen) atoms. The van der Waals surface area contributed by atoms with E-state index in [9.17, 15) is 15.0 Å². The summed E-state index contributed by atoms with van der Waals surface area (Å²) in [5, 5.41) is 19.2. The number of rotatable bonds is 2. The first-order valence-corrected chi connectivity index (χ1v) is 5.72. The van der Waals surface area contributed by atoms with Gasteiger partial charge in [0.1, 0.15) is 5.75 Å². The Morgan fingerprint density at radius 2 is 1.81 bits per heavy atom. The molecule has 0 unspecified atom stereocenters. The zero-order valence-corrected chi connectivity index (χ0v) is 8.99. The molecular formula is C13H14O3. The molecule has 2 N–H and O–H groups in total. The third kappa shape index (κ3) is 1.17. The maximum absolute atomic E-state index is 11.2. The number of aliphatic carboxylic acids is 1. The lowest BCUT2D eigenvalue weighted by molar-refractivity contribution is -0.140. The minimum absolute atomic E-state index is 0.167. The molecule has 1 aromatic rings. The molecule has 0 spiro atoms. The van der Waals surface area contributed by atoms with Crippen LogP contribution in [0.15, 0.2) is 12.1 Å². The molecule has 0 bridgehead atoms. The Balaban J connectivity index is 2.12. The van der Waals surface area contributed by atoms with Crippen molar-refractivity contribution in [3.8, 4) is 5.75 Å². The van der Waals surface area contributed by atoms with Crippen LogP contribution < -0.4 is 0 Å². The summed E-state index contributed by atoms with van der Waals surface area (Å²) < 4.78 is 0. The second-order valence-electron chi connectivity index (χ2n) is 4.88. The Hall–Kier alpha value is -1.51. The lowest BCUT2D eigenvalue weighted by Gasteiger charge is -2.14. The second kappa shape index (κ2) is 3.00. The molecule has 3 rings (SSSR count). The van der Waals surface area contributed by atoms with E-state index in [-0.39, 0.29) is 5.75 Å². The number of carboxylic acids is 1. The van der Waals surface area contributed by atoms with Crippen molar-refractivity contribution in [2.75, 3.05) is 0 Å². The summed E-state index contributed by atoms with van der Waals surface area (Å²) in [5.41, 5.74) is 2.24. The molecule has 2 aliphatic carbocycles. The van der Waals surface area contributed by atoms with Crippen molar-refractivity contribution in [2.45, 2.75) is 37.5 Å². The van der Waals surface area contributed by atoms with Crippen LogP contribution >= 0.6 is 0 Å². The summed E-state index contributed by atoms with van der Waals surface area (Å²) >= 11 is 0. The predicted octanol–water partition coefficient (Wildman–Crippen LogP) is 2.00. The number of benzene rings is 1. The summed E-state index contributed by atoms with van der Waals surface area (Å²) in [6.07, 6.45) is 4.42. The summed E-state index contributed by atoms with van der Waals surface area (Å²) in [7, 11) is 0. The minimum Gasteiger partial charge on any atom is -0.508 e. The van der Waals surface area contributed by atoms with E-state index in [4.69, 9.17) is 0 Å². The molecule has 0 atom stereocenters. The van der Waals surface area contributed by atoms with Gasteiger partial charge in [-0.05, 0) is 49.3 Å². The molecule has 0 radical (unpaired) electrons. The smallest absolute Gasteiger partial charge is 0.314 e. The van der Waals surface area contributed by atoms with Gasteiger partial charge in [0.15, 0.2) is 0 Å². The number of hydrogen-bond acceptors (Lipinski definition) is 2. The average Bonchev–Trinajstić information content (AvgIpc) is 2.92. The predicted molar refractivity (Wildman–Crippen MR) is 58.7 cm³/mol. The third-order valence-electron chi connectivity index (χ3n) is 3.89. The highest BCUT2D eigenvalue weighted by atomic mass is 16.4. The summed E-state index contributed by atoms with van der Waals surface area (Å²) in [6, 6.07) is 3.68. The zero-order valence-electron chi connectivity index (χ0n) is 8.99. The van der Waals surface area contributed by atoms with Gasteiger partial charge in [-0.1, -0.05) is 6.07 Å². The van der Waals surface area contributed by atoms with Crippen molar-refractivity contribution in [2.24, 2.45) is 0 Å². The summed E-state index contributed by atoms with van der Waals surface area (Å²) in [4.78, 5) is 11.2. The van der Waals surface area contributed by atoms with Crippen LogP contribution in [0.5, 0.6) is 5.75 Å². The van der Waals surface area contributed by atoms with Gasteiger partial charge in [-0.25, -0.2) is 0 Å². The van der Waals surface area contributed by atoms with Crippen LogP contribution in [0.1, 0.15) is 36.0 Å². The van der Waals surface area contributed by atoms with Crippen molar-refractivity contribution in [1.82, 2.24) is 0 Å². The van der Waals surface area contributed by atoms with Crippen molar-refractivity contribution < 1.29 is 15.0 Å². The summed E-state index contributed by atoms with van der Waals surface area (Å²) in [6.45, 7) is 0. The van der Waals surface area contributed by atoms with Gasteiger partial charge in [-0.3, -0.25) is 4.79 Å². The van der Waals surface area contributed by atoms with E-state index in [0.717, 1.165) is 19.3 Å². The Morgan fingerprint density at radius 1 is 1.19 bits per heavy atom. The molecule has 1 aromatic carbocycles. The second-order valence-corrected chi connectivity index (χ2v) is 4.88. The van der Waals surface area contributed by atoms with Gasteiger partial charge in [-0.15, -0.1) is 0 Å². The standard InChI is InChI=1S/C13H14O3/c14-11-7-9-3-1-2-8(9)6-10(11)13(4-5-13)12(15)16/h6-7,14H,1-5H2,(H,15,16). The Bertz CT molecular complexity index is 472. The van der Waals surface area contributed by atoms with E-state index in [0.29, 0.717) is 18.4 Å². The highest BCUT2D eigenvalue weighted by Crippen LogP contribution is 2.52. The van der Waals surface area contributed by atoms with Crippen LogP contribution in [0.25, 0.3) is 0 Å². The van der Waals surface area contributed by atoms with Crippen molar-refractivity contribution in [3.63, 3.8) is 0 Å². The van der Waals surface area contributed by atoms with E-state index in [1.54, 1.807) is 6.07 Å². The first kappa shape index (κ1) is 9.70. The fourth-order valence-electron chi connectivity index (χ4n) is 2.72. The van der Waals surface area contributed by atoms with Gasteiger partial charge in [0.25, 0.3) is 0 Å². The number of fused-ring (bicyclic) bond motifs is 1. The number of aromatic hydroxyl groups is 1. The first-order valence-electron chi connectivity index (χ1n) is 5.72.